The number of hydrogen-bond donors (Lipinski definition) is 0. The first-order valence-corrected chi connectivity index (χ1v) is 4.84. The summed E-state index contributed by atoms with van der Waals surface area (Å²) in [4.78, 5) is 6.95. The Morgan fingerprint density at radius 1 is 1.29 bits per heavy atom. The number of aromatic nitrogens is 4. The first-order valence-electron chi connectivity index (χ1n) is 4.46. The minimum Gasteiger partial charge on any atom is -0.275 e. The van der Waals surface area contributed by atoms with Crippen molar-refractivity contribution >= 4 is 11.6 Å². The maximum atomic E-state index is 12.7. The zero-order chi connectivity index (χ0) is 12.6. The zero-order valence-corrected chi connectivity index (χ0v) is 9.29. The Morgan fingerprint density at radius 3 is 2.53 bits per heavy atom. The Hall–Kier alpha value is -1.63. The van der Waals surface area contributed by atoms with E-state index >= 15 is 0 Å². The van der Waals surface area contributed by atoms with Gasteiger partial charge in [-0.1, -0.05) is 0 Å². The lowest BCUT2D eigenvalue weighted by Crippen LogP contribution is -2.09. The van der Waals surface area contributed by atoms with Crippen LogP contribution < -0.4 is 0 Å². The molecule has 0 aliphatic heterocycles. The number of alkyl halides is 3. The van der Waals surface area contributed by atoms with Crippen molar-refractivity contribution in [2.75, 3.05) is 0 Å². The summed E-state index contributed by atoms with van der Waals surface area (Å²) in [5.41, 5.74) is -0.968. The molecule has 0 spiro atoms. The molecular formula is C9H6ClF3N4. The lowest BCUT2D eigenvalue weighted by molar-refractivity contribution is -0.137. The van der Waals surface area contributed by atoms with E-state index in [9.17, 15) is 13.2 Å². The summed E-state index contributed by atoms with van der Waals surface area (Å²) in [5, 5.41) is 3.55. The third-order valence-electron chi connectivity index (χ3n) is 2.04. The smallest absolute Gasteiger partial charge is 0.275 e. The van der Waals surface area contributed by atoms with E-state index in [0.29, 0.717) is 6.20 Å². The monoisotopic (exact) mass is 262 g/mol. The quantitative estimate of drug-likeness (QED) is 0.742. The predicted molar refractivity (Wildman–Crippen MR) is 54.2 cm³/mol. The van der Waals surface area contributed by atoms with Crippen molar-refractivity contribution in [1.29, 1.82) is 0 Å². The maximum absolute atomic E-state index is 12.7. The lowest BCUT2D eigenvalue weighted by atomic mass is 10.1. The molecule has 0 aliphatic rings. The van der Waals surface area contributed by atoms with Crippen LogP contribution in [0.15, 0.2) is 18.6 Å². The molecule has 0 unspecified atom stereocenters. The van der Waals surface area contributed by atoms with Gasteiger partial charge in [0.1, 0.15) is 5.56 Å². The SMILES string of the molecule is Cn1cc(-c2nc(Cl)ncc2C(F)(F)F)cn1. The van der Waals surface area contributed by atoms with Gasteiger partial charge in [-0.2, -0.15) is 18.3 Å². The van der Waals surface area contributed by atoms with Crippen LogP contribution >= 0.6 is 11.6 Å². The highest BCUT2D eigenvalue weighted by atomic mass is 35.5. The van der Waals surface area contributed by atoms with Crippen molar-refractivity contribution < 1.29 is 13.2 Å². The average molecular weight is 263 g/mol. The standard InChI is InChI=1S/C9H6ClF3N4/c1-17-4-5(2-15-17)7-6(9(11,12)13)3-14-8(10)16-7/h2-4H,1H3. The Bertz CT molecular complexity index is 549. The molecule has 4 nitrogen and oxygen atoms in total. The number of nitrogens with zero attached hydrogens (tertiary/aromatic N) is 4. The minimum atomic E-state index is -4.53. The van der Waals surface area contributed by atoms with E-state index in [4.69, 9.17) is 11.6 Å². The molecule has 0 amide bonds. The summed E-state index contributed by atoms with van der Waals surface area (Å²) < 4.78 is 39.5. The minimum absolute atomic E-state index is 0.239. The largest absolute Gasteiger partial charge is 0.419 e. The molecule has 0 bridgehead atoms. The average Bonchev–Trinajstić information content (AvgIpc) is 2.62. The molecule has 17 heavy (non-hydrogen) atoms. The third-order valence-corrected chi connectivity index (χ3v) is 2.23. The van der Waals surface area contributed by atoms with E-state index in [2.05, 4.69) is 15.1 Å². The maximum Gasteiger partial charge on any atom is 0.419 e. The van der Waals surface area contributed by atoms with Crippen LogP contribution in [0.3, 0.4) is 0 Å². The molecule has 0 fully saturated rings. The van der Waals surface area contributed by atoms with Crippen molar-refractivity contribution in [2.24, 2.45) is 7.05 Å². The van der Waals surface area contributed by atoms with Gasteiger partial charge in [0.25, 0.3) is 0 Å². The van der Waals surface area contributed by atoms with Gasteiger partial charge in [-0.25, -0.2) is 9.97 Å². The van der Waals surface area contributed by atoms with Crippen molar-refractivity contribution in [3.8, 4) is 11.3 Å². The first-order chi connectivity index (χ1) is 7.88. The molecule has 0 aromatic carbocycles. The predicted octanol–water partition coefficient (Wildman–Crippen LogP) is 2.55. The Kier molecular flexibility index (Phi) is 2.78. The fourth-order valence-electron chi connectivity index (χ4n) is 1.33. The van der Waals surface area contributed by atoms with Gasteiger partial charge in [0.2, 0.25) is 5.28 Å². The van der Waals surface area contributed by atoms with Gasteiger partial charge < -0.3 is 0 Å². The Labute approximate surface area is 99.1 Å². The highest BCUT2D eigenvalue weighted by molar-refractivity contribution is 6.28. The highest BCUT2D eigenvalue weighted by Gasteiger charge is 2.35. The van der Waals surface area contributed by atoms with Gasteiger partial charge in [0, 0.05) is 25.0 Å². The molecule has 0 N–H and O–H groups in total. The molecule has 2 heterocycles. The highest BCUT2D eigenvalue weighted by Crippen LogP contribution is 2.35. The number of halogens is 4. The molecule has 0 saturated carbocycles. The summed E-state index contributed by atoms with van der Waals surface area (Å²) in [6.45, 7) is 0. The molecule has 0 radical (unpaired) electrons. The van der Waals surface area contributed by atoms with Crippen LogP contribution in [0.1, 0.15) is 5.56 Å². The summed E-state index contributed by atoms with van der Waals surface area (Å²) in [6, 6.07) is 0. The third kappa shape index (κ3) is 2.38. The summed E-state index contributed by atoms with van der Waals surface area (Å²) in [6.07, 6.45) is -1.16. The van der Waals surface area contributed by atoms with E-state index in [0.717, 1.165) is 0 Å². The van der Waals surface area contributed by atoms with Crippen molar-refractivity contribution in [2.45, 2.75) is 6.18 Å². The number of aryl methyl sites for hydroxylation is 1. The molecule has 2 aromatic rings. The molecule has 0 aliphatic carbocycles. The van der Waals surface area contributed by atoms with E-state index in [1.807, 2.05) is 0 Å². The summed E-state index contributed by atoms with van der Waals surface area (Å²) in [7, 11) is 1.60. The fraction of sp³-hybridized carbons (Fsp3) is 0.222. The second kappa shape index (κ2) is 3.99. The second-order valence-electron chi connectivity index (χ2n) is 3.30. The van der Waals surface area contributed by atoms with E-state index < -0.39 is 11.7 Å². The molecule has 0 saturated heterocycles. The number of rotatable bonds is 1. The van der Waals surface area contributed by atoms with Gasteiger partial charge in [-0.05, 0) is 11.6 Å². The van der Waals surface area contributed by atoms with Gasteiger partial charge in [-0.15, -0.1) is 0 Å². The molecule has 90 valence electrons. The van der Waals surface area contributed by atoms with Gasteiger partial charge >= 0.3 is 6.18 Å². The van der Waals surface area contributed by atoms with Crippen LogP contribution in [0.25, 0.3) is 11.3 Å². The summed E-state index contributed by atoms with van der Waals surface area (Å²) in [5.74, 6) is 0. The van der Waals surface area contributed by atoms with Gasteiger partial charge in [0.15, 0.2) is 0 Å². The van der Waals surface area contributed by atoms with E-state index in [1.54, 1.807) is 7.05 Å². The molecular weight excluding hydrogens is 257 g/mol. The van der Waals surface area contributed by atoms with Crippen LogP contribution in [-0.2, 0) is 13.2 Å². The van der Waals surface area contributed by atoms with Crippen molar-refractivity contribution in [1.82, 2.24) is 19.7 Å². The summed E-state index contributed by atoms with van der Waals surface area (Å²) >= 11 is 5.51. The number of hydrogen-bond acceptors (Lipinski definition) is 3. The van der Waals surface area contributed by atoms with Gasteiger partial charge in [0.05, 0.1) is 11.9 Å². The Balaban J connectivity index is 2.63. The normalized spacial score (nSPS) is 11.8. The molecule has 2 rings (SSSR count). The van der Waals surface area contributed by atoms with E-state index in [-0.39, 0.29) is 16.5 Å². The zero-order valence-electron chi connectivity index (χ0n) is 8.53. The fourth-order valence-corrected chi connectivity index (χ4v) is 1.46. The molecule has 0 atom stereocenters. The second-order valence-corrected chi connectivity index (χ2v) is 3.64. The van der Waals surface area contributed by atoms with E-state index in [1.165, 1.54) is 17.1 Å². The Morgan fingerprint density at radius 2 is 2.00 bits per heavy atom. The van der Waals surface area contributed by atoms with Crippen molar-refractivity contribution in [3.63, 3.8) is 0 Å². The van der Waals surface area contributed by atoms with Crippen molar-refractivity contribution in [3.05, 3.63) is 29.4 Å². The first kappa shape index (κ1) is 11.8. The van der Waals surface area contributed by atoms with Crippen LogP contribution in [0.5, 0.6) is 0 Å². The molecule has 8 heteroatoms. The van der Waals surface area contributed by atoms with Crippen LogP contribution in [-0.4, -0.2) is 19.7 Å². The lowest BCUT2D eigenvalue weighted by Gasteiger charge is -2.09. The van der Waals surface area contributed by atoms with Crippen LogP contribution in [0.4, 0.5) is 13.2 Å². The van der Waals surface area contributed by atoms with Crippen LogP contribution in [0.2, 0.25) is 5.28 Å². The van der Waals surface area contributed by atoms with Crippen LogP contribution in [0, 0.1) is 0 Å². The molecule has 2 aromatic heterocycles. The van der Waals surface area contributed by atoms with Gasteiger partial charge in [-0.3, -0.25) is 4.68 Å². The topological polar surface area (TPSA) is 43.6 Å².